The number of carbonyl (C=O) groups excluding carboxylic acids is 2. The van der Waals surface area contributed by atoms with Gasteiger partial charge >= 0.3 is 147 Å². The summed E-state index contributed by atoms with van der Waals surface area (Å²) in [5.74, 6) is -0.849. The van der Waals surface area contributed by atoms with Gasteiger partial charge in [0.2, 0.25) is 0 Å². The summed E-state index contributed by atoms with van der Waals surface area (Å²) in [6, 6.07) is 10.9. The Kier molecular flexibility index (Phi) is 5.82. The molecule has 0 atom stereocenters. The van der Waals surface area contributed by atoms with Crippen LogP contribution in [0.2, 0.25) is 0 Å². The Hall–Kier alpha value is -1.82. The predicted molar refractivity (Wildman–Crippen MR) is 88.4 cm³/mol. The van der Waals surface area contributed by atoms with Gasteiger partial charge in [0, 0.05) is 0 Å². The van der Waals surface area contributed by atoms with Gasteiger partial charge < -0.3 is 0 Å². The van der Waals surface area contributed by atoms with Crippen LogP contribution in [0.5, 0.6) is 0 Å². The molecule has 2 radical (unpaired) electrons. The van der Waals surface area contributed by atoms with E-state index in [0.717, 1.165) is 22.3 Å². The first-order valence-electron chi connectivity index (χ1n) is 7.21. The molecular weight excluding hydrogens is 399 g/mol. The second kappa shape index (κ2) is 7.64. The molecule has 0 amide bonds. The summed E-state index contributed by atoms with van der Waals surface area (Å²) in [4.78, 5) is 24.2. The molecule has 4 nitrogen and oxygen atoms in total. The zero-order valence-electron chi connectivity index (χ0n) is 13.6. The van der Waals surface area contributed by atoms with Crippen LogP contribution in [-0.4, -0.2) is 33.9 Å². The van der Waals surface area contributed by atoms with Crippen molar-refractivity contribution in [2.24, 2.45) is 0 Å². The van der Waals surface area contributed by atoms with Gasteiger partial charge in [-0.25, -0.2) is 0 Å². The van der Waals surface area contributed by atoms with Gasteiger partial charge in [-0.05, 0) is 0 Å². The molecule has 0 N–H and O–H groups in total. The first-order chi connectivity index (χ1) is 10.9. The average Bonchev–Trinajstić information content (AvgIpc) is 2.52. The van der Waals surface area contributed by atoms with Crippen molar-refractivity contribution < 1.29 is 15.7 Å². The molecule has 2 aromatic carbocycles. The summed E-state index contributed by atoms with van der Waals surface area (Å²) >= 11 is -2.02. The second-order valence-electron chi connectivity index (χ2n) is 5.36. The molecule has 0 unspecified atom stereocenters. The molecule has 5 heteroatoms. The van der Waals surface area contributed by atoms with Gasteiger partial charge in [-0.15, -0.1) is 0 Å². The number of aryl methyl sites for hydroxylation is 2. The first-order valence-corrected chi connectivity index (χ1v) is 9.54. The predicted octanol–water partition coefficient (Wildman–Crippen LogP) is 3.47. The standard InChI is InChI=1S/2C9H10O2.Sn/c2*1-6-4-3-5-8(7(6)2)9(10)11;/h2*3-5H,1-2H3,(H,10,11);/q;;+2/p-2. The van der Waals surface area contributed by atoms with Gasteiger partial charge in [-0.1, -0.05) is 0 Å². The van der Waals surface area contributed by atoms with E-state index >= 15 is 0 Å². The Bertz CT molecular complexity index is 689. The van der Waals surface area contributed by atoms with Crippen LogP contribution >= 0.6 is 0 Å². The summed E-state index contributed by atoms with van der Waals surface area (Å²) in [5.41, 5.74) is 4.87. The third-order valence-electron chi connectivity index (χ3n) is 3.92. The van der Waals surface area contributed by atoms with E-state index in [9.17, 15) is 9.59 Å². The molecule has 0 saturated heterocycles. The van der Waals surface area contributed by atoms with E-state index in [0.29, 0.717) is 11.1 Å². The van der Waals surface area contributed by atoms with Gasteiger partial charge in [-0.2, -0.15) is 0 Å². The van der Waals surface area contributed by atoms with Crippen molar-refractivity contribution in [2.75, 3.05) is 0 Å². The first kappa shape index (κ1) is 17.5. The Labute approximate surface area is 147 Å². The molecule has 0 saturated carbocycles. The molecule has 2 rings (SSSR count). The maximum absolute atomic E-state index is 12.1. The van der Waals surface area contributed by atoms with E-state index in [1.165, 1.54) is 0 Å². The number of rotatable bonds is 4. The fourth-order valence-electron chi connectivity index (χ4n) is 2.15. The van der Waals surface area contributed by atoms with Crippen molar-refractivity contribution >= 4 is 33.9 Å². The van der Waals surface area contributed by atoms with Crippen LogP contribution in [0.4, 0.5) is 0 Å². The molecule has 2 aromatic rings. The molecule has 23 heavy (non-hydrogen) atoms. The van der Waals surface area contributed by atoms with Crippen LogP contribution in [0.3, 0.4) is 0 Å². The van der Waals surface area contributed by atoms with Crippen LogP contribution in [0, 0.1) is 27.7 Å². The third-order valence-corrected chi connectivity index (χ3v) is 5.45. The number of hydrogen-bond acceptors (Lipinski definition) is 4. The Morgan fingerprint density at radius 2 is 1.13 bits per heavy atom. The van der Waals surface area contributed by atoms with Gasteiger partial charge in [0.25, 0.3) is 0 Å². The van der Waals surface area contributed by atoms with Crippen LogP contribution in [-0.2, 0) is 6.15 Å². The topological polar surface area (TPSA) is 52.6 Å². The molecule has 0 bridgehead atoms. The number of carbonyl (C=O) groups is 2. The van der Waals surface area contributed by atoms with Crippen LogP contribution < -0.4 is 0 Å². The van der Waals surface area contributed by atoms with E-state index in [-0.39, 0.29) is 0 Å². The summed E-state index contributed by atoms with van der Waals surface area (Å²) in [7, 11) is 0. The Balaban J connectivity index is 1.97. The van der Waals surface area contributed by atoms with Crippen LogP contribution in [0.15, 0.2) is 36.4 Å². The Morgan fingerprint density at radius 1 is 0.739 bits per heavy atom. The third kappa shape index (κ3) is 4.13. The minimum absolute atomic E-state index is 0.424. The van der Waals surface area contributed by atoms with Crippen molar-refractivity contribution in [1.29, 1.82) is 0 Å². The van der Waals surface area contributed by atoms with E-state index in [2.05, 4.69) is 0 Å². The second-order valence-corrected chi connectivity index (χ2v) is 7.00. The van der Waals surface area contributed by atoms with Gasteiger partial charge in [0.15, 0.2) is 0 Å². The summed E-state index contributed by atoms with van der Waals surface area (Å²) in [5, 5.41) is 0. The fraction of sp³-hybridized carbons (Fsp3) is 0.222. The average molecular weight is 417 g/mol. The summed E-state index contributed by atoms with van der Waals surface area (Å²) in [6.07, 6.45) is 0. The van der Waals surface area contributed by atoms with Crippen molar-refractivity contribution in [1.82, 2.24) is 0 Å². The van der Waals surface area contributed by atoms with Gasteiger partial charge in [0.1, 0.15) is 0 Å². The fourth-order valence-corrected chi connectivity index (χ4v) is 3.33. The van der Waals surface area contributed by atoms with Crippen LogP contribution in [0.25, 0.3) is 0 Å². The molecule has 0 aliphatic rings. The molecule has 0 aromatic heterocycles. The SMILES string of the molecule is Cc1cccc(C(=O)[O][Sn][O]C(=O)c2cccc(C)c2C)c1C. The van der Waals surface area contributed by atoms with E-state index in [1.807, 2.05) is 52.0 Å². The monoisotopic (exact) mass is 418 g/mol. The minimum atomic E-state index is -2.02. The molecule has 0 spiro atoms. The number of benzene rings is 2. The summed E-state index contributed by atoms with van der Waals surface area (Å²) < 4.78 is 10.4. The molecular formula is C18H18O4Sn. The van der Waals surface area contributed by atoms with Crippen LogP contribution in [0.1, 0.15) is 43.0 Å². The van der Waals surface area contributed by atoms with Crippen molar-refractivity contribution in [3.63, 3.8) is 0 Å². The van der Waals surface area contributed by atoms with Crippen molar-refractivity contribution in [3.8, 4) is 0 Å². The van der Waals surface area contributed by atoms with E-state index < -0.39 is 33.9 Å². The molecule has 118 valence electrons. The van der Waals surface area contributed by atoms with Crippen molar-refractivity contribution in [2.45, 2.75) is 27.7 Å². The molecule has 0 fully saturated rings. The normalized spacial score (nSPS) is 10.3. The maximum atomic E-state index is 12.1. The molecule has 0 aliphatic carbocycles. The van der Waals surface area contributed by atoms with E-state index in [1.54, 1.807) is 12.1 Å². The molecule has 0 heterocycles. The quantitative estimate of drug-likeness (QED) is 0.716. The van der Waals surface area contributed by atoms with Gasteiger partial charge in [0.05, 0.1) is 0 Å². The van der Waals surface area contributed by atoms with Crippen molar-refractivity contribution in [3.05, 3.63) is 69.8 Å². The zero-order chi connectivity index (χ0) is 17.0. The van der Waals surface area contributed by atoms with Gasteiger partial charge in [-0.3, -0.25) is 0 Å². The summed E-state index contributed by atoms with van der Waals surface area (Å²) in [6.45, 7) is 7.62. The zero-order valence-corrected chi connectivity index (χ0v) is 16.5. The molecule has 0 aliphatic heterocycles. The van der Waals surface area contributed by atoms with E-state index in [4.69, 9.17) is 6.15 Å². The Morgan fingerprint density at radius 3 is 1.52 bits per heavy atom. The number of hydrogen-bond donors (Lipinski definition) is 0.